The molecule has 1 amide bonds. The fraction of sp³-hybridized carbons (Fsp3) is 0.269. The average molecular weight is 444 g/mol. The van der Waals surface area contributed by atoms with Gasteiger partial charge in [-0.2, -0.15) is 0 Å². The summed E-state index contributed by atoms with van der Waals surface area (Å²) in [6, 6.07) is 11.6. The number of H-pyrrole nitrogens is 1. The van der Waals surface area contributed by atoms with Crippen LogP contribution in [0.5, 0.6) is 0 Å². The van der Waals surface area contributed by atoms with Crippen molar-refractivity contribution in [1.29, 1.82) is 0 Å². The van der Waals surface area contributed by atoms with Crippen molar-refractivity contribution >= 4 is 22.9 Å². The second-order valence-electron chi connectivity index (χ2n) is 8.55. The fourth-order valence-electron chi connectivity index (χ4n) is 4.78. The minimum Gasteiger partial charge on any atom is -0.361 e. The Morgan fingerprint density at radius 1 is 1.27 bits per heavy atom. The van der Waals surface area contributed by atoms with Crippen molar-refractivity contribution < 1.29 is 9.18 Å². The number of halogens is 1. The van der Waals surface area contributed by atoms with E-state index in [0.29, 0.717) is 12.0 Å². The Morgan fingerprint density at radius 3 is 2.97 bits per heavy atom. The summed E-state index contributed by atoms with van der Waals surface area (Å²) in [5, 5.41) is 12.6. The summed E-state index contributed by atoms with van der Waals surface area (Å²) in [5.74, 6) is -0.200. The van der Waals surface area contributed by atoms with E-state index >= 15 is 0 Å². The standard InChI is InChI=1S/C26H26FN5O/c1-3-16-11-18(5-8-21(16)22-12-17-9-10-28-24(17)14-23(22)27)25-15-29-31-32(25)20-7-6-19(13-20)30-26(33)4-2/h3,5,8-12,14-15,19-20,28H,1,4,6-7,13H2,2H3,(H,30,33). The highest BCUT2D eigenvalue weighted by molar-refractivity contribution is 5.88. The van der Waals surface area contributed by atoms with Crippen LogP contribution in [-0.2, 0) is 4.79 Å². The predicted octanol–water partition coefficient (Wildman–Crippen LogP) is 5.50. The largest absolute Gasteiger partial charge is 0.361 e. The van der Waals surface area contributed by atoms with Crippen molar-refractivity contribution in [3.63, 3.8) is 0 Å². The van der Waals surface area contributed by atoms with E-state index in [1.54, 1.807) is 18.5 Å². The topological polar surface area (TPSA) is 75.6 Å². The number of rotatable bonds is 6. The minimum atomic E-state index is -0.279. The lowest BCUT2D eigenvalue weighted by molar-refractivity contribution is -0.121. The van der Waals surface area contributed by atoms with E-state index in [1.807, 2.05) is 41.9 Å². The number of benzene rings is 2. The number of amides is 1. The number of fused-ring (bicyclic) bond motifs is 1. The zero-order chi connectivity index (χ0) is 22.9. The van der Waals surface area contributed by atoms with Gasteiger partial charge in [0.1, 0.15) is 5.82 Å². The first-order valence-corrected chi connectivity index (χ1v) is 11.3. The Balaban J connectivity index is 1.46. The zero-order valence-electron chi connectivity index (χ0n) is 18.5. The quantitative estimate of drug-likeness (QED) is 0.413. The molecule has 2 atom stereocenters. The molecule has 0 aliphatic heterocycles. The molecule has 2 N–H and O–H groups in total. The molecule has 5 rings (SSSR count). The van der Waals surface area contributed by atoms with Crippen molar-refractivity contribution in [2.75, 3.05) is 0 Å². The van der Waals surface area contributed by atoms with Gasteiger partial charge in [-0.25, -0.2) is 9.07 Å². The van der Waals surface area contributed by atoms with Crippen LogP contribution in [0.15, 0.2) is 55.4 Å². The van der Waals surface area contributed by atoms with Gasteiger partial charge in [0.2, 0.25) is 5.91 Å². The molecule has 6 nitrogen and oxygen atoms in total. The number of nitrogens with zero attached hydrogens (tertiary/aromatic N) is 3. The molecule has 2 unspecified atom stereocenters. The van der Waals surface area contributed by atoms with Gasteiger partial charge in [0.15, 0.2) is 0 Å². The maximum Gasteiger partial charge on any atom is 0.219 e. The van der Waals surface area contributed by atoms with E-state index in [0.717, 1.165) is 52.5 Å². The van der Waals surface area contributed by atoms with Gasteiger partial charge < -0.3 is 10.3 Å². The van der Waals surface area contributed by atoms with E-state index in [1.165, 1.54) is 6.07 Å². The summed E-state index contributed by atoms with van der Waals surface area (Å²) in [4.78, 5) is 14.8. The molecule has 2 aromatic heterocycles. The van der Waals surface area contributed by atoms with Gasteiger partial charge in [0, 0.05) is 40.7 Å². The lowest BCUT2D eigenvalue weighted by Crippen LogP contribution is -2.32. The monoisotopic (exact) mass is 443 g/mol. The lowest BCUT2D eigenvalue weighted by Gasteiger charge is -2.16. The van der Waals surface area contributed by atoms with Crippen molar-refractivity contribution in [2.24, 2.45) is 0 Å². The number of hydrogen-bond acceptors (Lipinski definition) is 3. The maximum atomic E-state index is 14.9. The Bertz CT molecular complexity index is 1340. The van der Waals surface area contributed by atoms with Gasteiger partial charge in [-0.1, -0.05) is 36.9 Å². The smallest absolute Gasteiger partial charge is 0.219 e. The molecule has 0 saturated heterocycles. The Hall–Kier alpha value is -3.74. The molecule has 0 bridgehead atoms. The van der Waals surface area contributed by atoms with Crippen LogP contribution in [0.3, 0.4) is 0 Å². The molecule has 0 spiro atoms. The molecular weight excluding hydrogens is 417 g/mol. The van der Waals surface area contributed by atoms with Gasteiger partial charge in [-0.3, -0.25) is 4.79 Å². The van der Waals surface area contributed by atoms with Gasteiger partial charge in [-0.05, 0) is 54.7 Å². The van der Waals surface area contributed by atoms with Crippen LogP contribution in [0.4, 0.5) is 4.39 Å². The van der Waals surface area contributed by atoms with Gasteiger partial charge in [0.25, 0.3) is 0 Å². The molecule has 1 aliphatic rings. The first-order chi connectivity index (χ1) is 16.1. The number of aromatic nitrogens is 4. The van der Waals surface area contributed by atoms with Gasteiger partial charge >= 0.3 is 0 Å². The summed E-state index contributed by atoms with van der Waals surface area (Å²) < 4.78 is 16.8. The van der Waals surface area contributed by atoms with Gasteiger partial charge in [-0.15, -0.1) is 5.10 Å². The van der Waals surface area contributed by atoms with Crippen LogP contribution in [-0.4, -0.2) is 31.9 Å². The van der Waals surface area contributed by atoms with E-state index < -0.39 is 0 Å². The van der Waals surface area contributed by atoms with Crippen LogP contribution < -0.4 is 5.32 Å². The molecule has 1 aliphatic carbocycles. The normalized spacial score (nSPS) is 18.0. The third-order valence-corrected chi connectivity index (χ3v) is 6.51. The molecule has 2 heterocycles. The van der Waals surface area contributed by atoms with Crippen LogP contribution in [0, 0.1) is 5.82 Å². The molecule has 2 aromatic carbocycles. The van der Waals surface area contributed by atoms with Crippen molar-refractivity contribution in [3.05, 3.63) is 66.8 Å². The van der Waals surface area contributed by atoms with E-state index in [4.69, 9.17) is 0 Å². The summed E-state index contributed by atoms with van der Waals surface area (Å²) in [6.07, 6.45) is 8.49. The molecular formula is C26H26FN5O. The van der Waals surface area contributed by atoms with Crippen molar-refractivity contribution in [1.82, 2.24) is 25.3 Å². The van der Waals surface area contributed by atoms with Crippen LogP contribution in [0.1, 0.15) is 44.2 Å². The van der Waals surface area contributed by atoms with Crippen LogP contribution >= 0.6 is 0 Å². The maximum absolute atomic E-state index is 14.9. The number of carbonyl (C=O) groups excluding carboxylic acids is 1. The summed E-state index contributed by atoms with van der Waals surface area (Å²) in [6.45, 7) is 5.82. The first kappa shape index (κ1) is 21.1. The molecule has 168 valence electrons. The molecule has 4 aromatic rings. The zero-order valence-corrected chi connectivity index (χ0v) is 18.5. The highest BCUT2D eigenvalue weighted by atomic mass is 19.1. The third kappa shape index (κ3) is 3.95. The van der Waals surface area contributed by atoms with E-state index in [-0.39, 0.29) is 23.8 Å². The number of nitrogens with one attached hydrogen (secondary N) is 2. The van der Waals surface area contributed by atoms with Crippen molar-refractivity contribution in [2.45, 2.75) is 44.7 Å². The molecule has 7 heteroatoms. The molecule has 1 fully saturated rings. The molecule has 33 heavy (non-hydrogen) atoms. The Labute approximate surface area is 191 Å². The SMILES string of the molecule is C=Cc1cc(-c2cnnn2C2CCC(NC(=O)CC)C2)ccc1-c1cc2cc[nH]c2cc1F. The molecule has 1 saturated carbocycles. The highest BCUT2D eigenvalue weighted by Gasteiger charge is 2.29. The van der Waals surface area contributed by atoms with Crippen LogP contribution in [0.25, 0.3) is 39.4 Å². The highest BCUT2D eigenvalue weighted by Crippen LogP contribution is 2.36. The predicted molar refractivity (Wildman–Crippen MR) is 128 cm³/mol. The van der Waals surface area contributed by atoms with E-state index in [9.17, 15) is 9.18 Å². The van der Waals surface area contributed by atoms with E-state index in [2.05, 4.69) is 27.2 Å². The Morgan fingerprint density at radius 2 is 2.15 bits per heavy atom. The number of aromatic amines is 1. The lowest BCUT2D eigenvalue weighted by atomic mass is 9.95. The van der Waals surface area contributed by atoms with Crippen molar-refractivity contribution in [3.8, 4) is 22.4 Å². The minimum absolute atomic E-state index is 0.0794. The summed E-state index contributed by atoms with van der Waals surface area (Å²) in [5.41, 5.74) is 4.79. The average Bonchev–Trinajstić information content (AvgIpc) is 3.58. The number of hydrogen-bond donors (Lipinski definition) is 2. The number of carbonyl (C=O) groups is 1. The van der Waals surface area contributed by atoms with Crippen LogP contribution in [0.2, 0.25) is 0 Å². The Kier molecular flexibility index (Phi) is 5.54. The second-order valence-corrected chi connectivity index (χ2v) is 8.55. The third-order valence-electron chi connectivity index (χ3n) is 6.51. The molecule has 0 radical (unpaired) electrons. The summed E-state index contributed by atoms with van der Waals surface area (Å²) >= 11 is 0. The van der Waals surface area contributed by atoms with Gasteiger partial charge in [0.05, 0.1) is 17.9 Å². The summed E-state index contributed by atoms with van der Waals surface area (Å²) in [7, 11) is 0. The first-order valence-electron chi connectivity index (χ1n) is 11.3. The second kappa shape index (κ2) is 8.65. The fourth-order valence-corrected chi connectivity index (χ4v) is 4.78.